The number of amidine groups is 1. The minimum absolute atomic E-state index is 0.122. The Morgan fingerprint density at radius 1 is 1.12 bits per heavy atom. The molecular formula is C20H20N2O2S. The van der Waals surface area contributed by atoms with Crippen LogP contribution >= 0.6 is 11.8 Å². The number of benzene rings is 2. The number of amides is 1. The number of nitrogens with one attached hydrogen (secondary N) is 1. The molecule has 5 heteroatoms. The zero-order valence-corrected chi connectivity index (χ0v) is 14.9. The second kappa shape index (κ2) is 8.53. The van der Waals surface area contributed by atoms with Gasteiger partial charge in [0, 0.05) is 0 Å². The first-order valence-electron chi connectivity index (χ1n) is 8.32. The molecule has 0 atom stereocenters. The lowest BCUT2D eigenvalue weighted by molar-refractivity contribution is -0.115. The topological polar surface area (TPSA) is 50.7 Å². The number of unbranched alkanes of at least 4 members (excludes halogenated alkanes) is 1. The molecule has 25 heavy (non-hydrogen) atoms. The number of thioether (sulfide) groups is 1. The molecule has 0 spiro atoms. The van der Waals surface area contributed by atoms with Gasteiger partial charge < -0.3 is 10.1 Å². The Hall–Kier alpha value is -2.53. The van der Waals surface area contributed by atoms with Crippen molar-refractivity contribution in [2.24, 2.45) is 4.99 Å². The Bertz CT molecular complexity index is 783. The number of carbonyl (C=O) groups is 1. The largest absolute Gasteiger partial charge is 0.494 e. The van der Waals surface area contributed by atoms with E-state index in [0.717, 1.165) is 36.4 Å². The summed E-state index contributed by atoms with van der Waals surface area (Å²) in [6.07, 6.45) is 4.03. The van der Waals surface area contributed by atoms with Crippen LogP contribution in [0, 0.1) is 0 Å². The van der Waals surface area contributed by atoms with E-state index in [1.54, 1.807) is 0 Å². The van der Waals surface area contributed by atoms with Crippen molar-refractivity contribution in [2.75, 3.05) is 6.61 Å². The second-order valence-electron chi connectivity index (χ2n) is 5.59. The predicted molar refractivity (Wildman–Crippen MR) is 104 cm³/mol. The zero-order valence-electron chi connectivity index (χ0n) is 14.1. The van der Waals surface area contributed by atoms with Gasteiger partial charge in [-0.2, -0.15) is 0 Å². The summed E-state index contributed by atoms with van der Waals surface area (Å²) in [6.45, 7) is 2.87. The summed E-state index contributed by atoms with van der Waals surface area (Å²) in [5.74, 6) is 0.730. The summed E-state index contributed by atoms with van der Waals surface area (Å²) in [7, 11) is 0. The fourth-order valence-electron chi connectivity index (χ4n) is 2.25. The number of para-hydroxylation sites is 1. The first-order valence-corrected chi connectivity index (χ1v) is 9.14. The highest BCUT2D eigenvalue weighted by molar-refractivity contribution is 8.18. The molecule has 1 heterocycles. The molecule has 1 aliphatic rings. The highest BCUT2D eigenvalue weighted by Gasteiger charge is 2.23. The van der Waals surface area contributed by atoms with Crippen LogP contribution in [-0.4, -0.2) is 17.7 Å². The predicted octanol–water partition coefficient (Wildman–Crippen LogP) is 4.76. The molecule has 0 unspecified atom stereocenters. The van der Waals surface area contributed by atoms with Crippen LogP contribution in [0.1, 0.15) is 25.3 Å². The average Bonchev–Trinajstić information content (AvgIpc) is 2.96. The van der Waals surface area contributed by atoms with Crippen LogP contribution in [0.15, 0.2) is 64.5 Å². The highest BCUT2D eigenvalue weighted by Crippen LogP contribution is 2.28. The van der Waals surface area contributed by atoms with Gasteiger partial charge >= 0.3 is 0 Å². The summed E-state index contributed by atoms with van der Waals surface area (Å²) < 4.78 is 5.65. The summed E-state index contributed by atoms with van der Waals surface area (Å²) >= 11 is 1.35. The molecule has 3 rings (SSSR count). The van der Waals surface area contributed by atoms with Crippen LogP contribution in [0.2, 0.25) is 0 Å². The minimum atomic E-state index is -0.122. The molecule has 1 amide bonds. The van der Waals surface area contributed by atoms with Crippen molar-refractivity contribution in [2.45, 2.75) is 19.8 Å². The normalized spacial score (nSPS) is 17.1. The van der Waals surface area contributed by atoms with Crippen LogP contribution in [0.5, 0.6) is 5.75 Å². The Morgan fingerprint density at radius 2 is 1.88 bits per heavy atom. The standard InChI is InChI=1S/C20H20N2O2S/c1-2-3-13-24-17-11-9-15(10-12-17)14-18-19(23)22-20(25-18)21-16-7-5-4-6-8-16/h4-12,14H,2-3,13H2,1H3,(H,21,22,23)/b18-14-. The van der Waals surface area contributed by atoms with Gasteiger partial charge in [0.1, 0.15) is 5.75 Å². The number of aliphatic imine (C=N–C) groups is 1. The van der Waals surface area contributed by atoms with Crippen molar-refractivity contribution in [3.05, 3.63) is 65.1 Å². The molecule has 1 fully saturated rings. The number of rotatable bonds is 6. The lowest BCUT2D eigenvalue weighted by Gasteiger charge is -2.05. The summed E-state index contributed by atoms with van der Waals surface area (Å²) in [5, 5.41) is 3.40. The first kappa shape index (κ1) is 17.3. The van der Waals surface area contributed by atoms with Crippen molar-refractivity contribution < 1.29 is 9.53 Å². The van der Waals surface area contributed by atoms with Gasteiger partial charge in [0.15, 0.2) is 5.17 Å². The van der Waals surface area contributed by atoms with E-state index in [-0.39, 0.29) is 5.91 Å². The van der Waals surface area contributed by atoms with Crippen molar-refractivity contribution >= 4 is 34.6 Å². The molecule has 1 aliphatic heterocycles. The molecule has 0 aliphatic carbocycles. The number of ether oxygens (including phenoxy) is 1. The minimum Gasteiger partial charge on any atom is -0.494 e. The van der Waals surface area contributed by atoms with Crippen LogP contribution in [0.4, 0.5) is 5.69 Å². The van der Waals surface area contributed by atoms with Gasteiger partial charge in [0.25, 0.3) is 5.91 Å². The van der Waals surface area contributed by atoms with E-state index in [9.17, 15) is 4.79 Å². The fraction of sp³-hybridized carbons (Fsp3) is 0.200. The first-order chi connectivity index (χ1) is 12.2. The molecular weight excluding hydrogens is 332 g/mol. The third-order valence-corrected chi connectivity index (χ3v) is 4.49. The van der Waals surface area contributed by atoms with E-state index >= 15 is 0 Å². The van der Waals surface area contributed by atoms with E-state index in [1.165, 1.54) is 11.8 Å². The Morgan fingerprint density at radius 3 is 2.60 bits per heavy atom. The monoisotopic (exact) mass is 352 g/mol. The van der Waals surface area contributed by atoms with Gasteiger partial charge in [0.2, 0.25) is 0 Å². The number of carbonyl (C=O) groups excluding carboxylic acids is 1. The third kappa shape index (κ3) is 4.97. The molecule has 0 saturated carbocycles. The lowest BCUT2D eigenvalue weighted by atomic mass is 10.2. The zero-order chi connectivity index (χ0) is 17.5. The summed E-state index contributed by atoms with van der Waals surface area (Å²) in [4.78, 5) is 17.2. The quantitative estimate of drug-likeness (QED) is 0.602. The van der Waals surface area contributed by atoms with Gasteiger partial charge in [0.05, 0.1) is 17.2 Å². The smallest absolute Gasteiger partial charge is 0.264 e. The molecule has 128 valence electrons. The Balaban J connectivity index is 1.67. The molecule has 0 aromatic heterocycles. The number of nitrogens with zero attached hydrogens (tertiary/aromatic N) is 1. The third-order valence-electron chi connectivity index (χ3n) is 3.58. The van der Waals surface area contributed by atoms with Gasteiger partial charge in [-0.1, -0.05) is 43.7 Å². The molecule has 2 aromatic rings. The van der Waals surface area contributed by atoms with Crippen LogP contribution in [-0.2, 0) is 4.79 Å². The molecule has 1 saturated heterocycles. The maximum atomic E-state index is 12.1. The molecule has 0 radical (unpaired) electrons. The molecule has 1 N–H and O–H groups in total. The molecule has 0 bridgehead atoms. The lowest BCUT2D eigenvalue weighted by Crippen LogP contribution is -2.19. The van der Waals surface area contributed by atoms with E-state index in [1.807, 2.05) is 60.7 Å². The molecule has 4 nitrogen and oxygen atoms in total. The summed E-state index contributed by atoms with van der Waals surface area (Å²) in [5.41, 5.74) is 1.78. The number of hydrogen-bond acceptors (Lipinski definition) is 4. The fourth-order valence-corrected chi connectivity index (χ4v) is 3.09. The van der Waals surface area contributed by atoms with Crippen molar-refractivity contribution in [3.8, 4) is 5.75 Å². The van der Waals surface area contributed by atoms with Crippen molar-refractivity contribution in [3.63, 3.8) is 0 Å². The maximum absolute atomic E-state index is 12.1. The SMILES string of the molecule is CCCCOc1ccc(/C=C2\SC(=Nc3ccccc3)NC2=O)cc1. The summed E-state index contributed by atoms with van der Waals surface area (Å²) in [6, 6.07) is 17.3. The van der Waals surface area contributed by atoms with Crippen molar-refractivity contribution in [1.82, 2.24) is 5.32 Å². The number of hydrogen-bond donors (Lipinski definition) is 1. The van der Waals surface area contributed by atoms with E-state index < -0.39 is 0 Å². The van der Waals surface area contributed by atoms with Crippen LogP contribution in [0.25, 0.3) is 6.08 Å². The van der Waals surface area contributed by atoms with Crippen LogP contribution in [0.3, 0.4) is 0 Å². The Kier molecular flexibility index (Phi) is 5.90. The Labute approximate surface area is 152 Å². The van der Waals surface area contributed by atoms with Gasteiger partial charge in [-0.3, -0.25) is 4.79 Å². The van der Waals surface area contributed by atoms with Gasteiger partial charge in [-0.05, 0) is 54.1 Å². The van der Waals surface area contributed by atoms with Crippen molar-refractivity contribution in [1.29, 1.82) is 0 Å². The van der Waals surface area contributed by atoms with Gasteiger partial charge in [-0.25, -0.2) is 4.99 Å². The van der Waals surface area contributed by atoms with E-state index in [0.29, 0.717) is 10.1 Å². The van der Waals surface area contributed by atoms with E-state index in [4.69, 9.17) is 4.74 Å². The maximum Gasteiger partial charge on any atom is 0.264 e. The van der Waals surface area contributed by atoms with E-state index in [2.05, 4.69) is 17.2 Å². The van der Waals surface area contributed by atoms with Crippen LogP contribution < -0.4 is 10.1 Å². The average molecular weight is 352 g/mol. The molecule has 2 aromatic carbocycles. The second-order valence-corrected chi connectivity index (χ2v) is 6.62. The highest BCUT2D eigenvalue weighted by atomic mass is 32.2. The van der Waals surface area contributed by atoms with Gasteiger partial charge in [-0.15, -0.1) is 0 Å².